The Morgan fingerprint density at radius 3 is 2.60 bits per heavy atom. The van der Waals surface area contributed by atoms with E-state index in [2.05, 4.69) is 37.8 Å². The molecule has 5 heteroatoms. The van der Waals surface area contributed by atoms with Crippen molar-refractivity contribution in [1.29, 1.82) is 0 Å². The quantitative estimate of drug-likeness (QED) is 0.820. The molecule has 0 bridgehead atoms. The summed E-state index contributed by atoms with van der Waals surface area (Å²) in [4.78, 5) is 17.5. The molecule has 5 nitrogen and oxygen atoms in total. The number of morpholine rings is 1. The van der Waals surface area contributed by atoms with Gasteiger partial charge in [0.2, 0.25) is 0 Å². The molecular weight excluding hydrogens is 316 g/mol. The lowest BCUT2D eigenvalue weighted by atomic mass is 10.0. The Balaban J connectivity index is 1.42. The van der Waals surface area contributed by atoms with Gasteiger partial charge in [-0.05, 0) is 42.5 Å². The Morgan fingerprint density at radius 1 is 1.12 bits per heavy atom. The highest BCUT2D eigenvalue weighted by Gasteiger charge is 2.40. The van der Waals surface area contributed by atoms with Gasteiger partial charge in [-0.15, -0.1) is 0 Å². The molecule has 3 aliphatic heterocycles. The van der Waals surface area contributed by atoms with E-state index in [0.29, 0.717) is 18.4 Å². The first kappa shape index (κ1) is 16.9. The van der Waals surface area contributed by atoms with Gasteiger partial charge in [-0.3, -0.25) is 9.69 Å². The summed E-state index contributed by atoms with van der Waals surface area (Å²) in [6.45, 7) is 11.6. The summed E-state index contributed by atoms with van der Waals surface area (Å²) in [5, 5.41) is 0. The lowest BCUT2D eigenvalue weighted by Crippen LogP contribution is -2.47. The molecule has 3 atom stereocenters. The highest BCUT2D eigenvalue weighted by atomic mass is 16.5. The second kappa shape index (κ2) is 6.61. The molecular formula is C20H28N2O3. The summed E-state index contributed by atoms with van der Waals surface area (Å²) in [5.74, 6) is 1.53. The van der Waals surface area contributed by atoms with Crippen LogP contribution in [0.3, 0.4) is 0 Å². The van der Waals surface area contributed by atoms with Gasteiger partial charge in [0, 0.05) is 38.6 Å². The highest BCUT2D eigenvalue weighted by molar-refractivity contribution is 5.83. The fourth-order valence-electron chi connectivity index (χ4n) is 4.37. The highest BCUT2D eigenvalue weighted by Crippen LogP contribution is 2.33. The van der Waals surface area contributed by atoms with Crippen molar-refractivity contribution >= 4 is 5.91 Å². The number of fused-ring (bicyclic) bond motifs is 1. The van der Waals surface area contributed by atoms with Crippen LogP contribution in [0.25, 0.3) is 0 Å². The minimum atomic E-state index is -0.355. The predicted molar refractivity (Wildman–Crippen MR) is 96.0 cm³/mol. The second-order valence-corrected chi connectivity index (χ2v) is 7.79. The minimum Gasteiger partial charge on any atom is -0.480 e. The van der Waals surface area contributed by atoms with Crippen molar-refractivity contribution in [2.24, 2.45) is 5.92 Å². The standard InChI is InChI=1S/C20H28N2O3/c1-13-8-16-10-19(25-18(16)9-14(13)2)20(23)22-11-15(3)17(12-22)21-4-6-24-7-5-21/h8-9,15,17,19H,4-7,10-12H2,1-3H3/t15-,17-,19-/m0/s1. The van der Waals surface area contributed by atoms with Crippen LogP contribution in [0.4, 0.5) is 0 Å². The van der Waals surface area contributed by atoms with Crippen molar-refractivity contribution in [2.75, 3.05) is 39.4 Å². The van der Waals surface area contributed by atoms with Crippen LogP contribution in [0.2, 0.25) is 0 Å². The number of benzene rings is 1. The van der Waals surface area contributed by atoms with E-state index in [9.17, 15) is 4.79 Å². The number of carbonyl (C=O) groups is 1. The maximum Gasteiger partial charge on any atom is 0.264 e. The summed E-state index contributed by atoms with van der Waals surface area (Å²) >= 11 is 0. The number of hydrogen-bond acceptors (Lipinski definition) is 4. The number of rotatable bonds is 2. The molecule has 1 amide bonds. The Morgan fingerprint density at radius 2 is 1.84 bits per heavy atom. The number of likely N-dealkylation sites (tertiary alicyclic amines) is 1. The Kier molecular flexibility index (Phi) is 4.46. The van der Waals surface area contributed by atoms with E-state index < -0.39 is 0 Å². The first-order valence-electron chi connectivity index (χ1n) is 9.40. The smallest absolute Gasteiger partial charge is 0.264 e. The van der Waals surface area contributed by atoms with E-state index in [0.717, 1.165) is 45.1 Å². The molecule has 0 spiro atoms. The average molecular weight is 344 g/mol. The minimum absolute atomic E-state index is 0.147. The van der Waals surface area contributed by atoms with Crippen molar-refractivity contribution in [3.8, 4) is 5.75 Å². The molecule has 3 heterocycles. The van der Waals surface area contributed by atoms with Gasteiger partial charge in [-0.1, -0.05) is 13.0 Å². The van der Waals surface area contributed by atoms with Gasteiger partial charge in [-0.2, -0.15) is 0 Å². The number of ether oxygens (including phenoxy) is 2. The molecule has 0 unspecified atom stereocenters. The van der Waals surface area contributed by atoms with Crippen LogP contribution in [-0.4, -0.2) is 67.2 Å². The largest absolute Gasteiger partial charge is 0.480 e. The molecule has 0 aliphatic carbocycles. The third-order valence-corrected chi connectivity index (χ3v) is 6.03. The molecule has 136 valence electrons. The van der Waals surface area contributed by atoms with E-state index in [4.69, 9.17) is 9.47 Å². The van der Waals surface area contributed by atoms with E-state index in [1.54, 1.807) is 0 Å². The van der Waals surface area contributed by atoms with Crippen LogP contribution >= 0.6 is 0 Å². The van der Waals surface area contributed by atoms with Crippen LogP contribution in [0.5, 0.6) is 5.75 Å². The van der Waals surface area contributed by atoms with Crippen LogP contribution in [0, 0.1) is 19.8 Å². The Bertz CT molecular complexity index is 638. The topological polar surface area (TPSA) is 42.0 Å². The molecule has 2 saturated heterocycles. The molecule has 4 rings (SSSR count). The zero-order valence-electron chi connectivity index (χ0n) is 15.5. The fraction of sp³-hybridized carbons (Fsp3) is 0.650. The Hall–Kier alpha value is -1.59. The van der Waals surface area contributed by atoms with Crippen molar-refractivity contribution < 1.29 is 14.3 Å². The summed E-state index contributed by atoms with van der Waals surface area (Å²) in [6, 6.07) is 4.68. The van der Waals surface area contributed by atoms with Gasteiger partial charge in [-0.25, -0.2) is 0 Å². The van der Waals surface area contributed by atoms with Gasteiger partial charge in [0.15, 0.2) is 6.10 Å². The van der Waals surface area contributed by atoms with Gasteiger partial charge >= 0.3 is 0 Å². The number of hydrogen-bond donors (Lipinski definition) is 0. The fourth-order valence-corrected chi connectivity index (χ4v) is 4.37. The summed E-state index contributed by atoms with van der Waals surface area (Å²) in [6.07, 6.45) is 0.342. The summed E-state index contributed by atoms with van der Waals surface area (Å²) in [7, 11) is 0. The zero-order valence-corrected chi connectivity index (χ0v) is 15.5. The predicted octanol–water partition coefficient (Wildman–Crippen LogP) is 1.79. The van der Waals surface area contributed by atoms with Crippen molar-refractivity contribution in [3.05, 3.63) is 28.8 Å². The molecule has 0 radical (unpaired) electrons. The SMILES string of the molecule is Cc1cc2c(cc1C)O[C@H](C(=O)N1C[C@H](C)[C@@H](N3CCOCC3)C1)C2. The average Bonchev–Trinajstić information content (AvgIpc) is 3.19. The van der Waals surface area contributed by atoms with Crippen LogP contribution < -0.4 is 4.74 Å². The third kappa shape index (κ3) is 3.15. The normalized spacial score (nSPS) is 29.6. The van der Waals surface area contributed by atoms with Crippen molar-refractivity contribution in [3.63, 3.8) is 0 Å². The van der Waals surface area contributed by atoms with Gasteiger partial charge in [0.05, 0.1) is 13.2 Å². The number of amides is 1. The number of nitrogens with zero attached hydrogens (tertiary/aromatic N) is 2. The molecule has 1 aromatic rings. The Labute approximate surface area is 149 Å². The first-order chi connectivity index (χ1) is 12.0. The number of aryl methyl sites for hydroxylation is 2. The van der Waals surface area contributed by atoms with Gasteiger partial charge in [0.1, 0.15) is 5.75 Å². The third-order valence-electron chi connectivity index (χ3n) is 6.03. The summed E-state index contributed by atoms with van der Waals surface area (Å²) < 4.78 is 11.5. The van der Waals surface area contributed by atoms with E-state index in [1.165, 1.54) is 16.7 Å². The molecule has 2 fully saturated rings. The molecule has 1 aromatic carbocycles. The maximum absolute atomic E-state index is 13.0. The van der Waals surface area contributed by atoms with E-state index in [1.807, 2.05) is 4.90 Å². The van der Waals surface area contributed by atoms with Gasteiger partial charge in [0.25, 0.3) is 5.91 Å². The number of carbonyl (C=O) groups excluding carboxylic acids is 1. The first-order valence-corrected chi connectivity index (χ1v) is 9.40. The van der Waals surface area contributed by atoms with Crippen LogP contribution in [-0.2, 0) is 16.0 Å². The maximum atomic E-state index is 13.0. The summed E-state index contributed by atoms with van der Waals surface area (Å²) in [5.41, 5.74) is 3.64. The lowest BCUT2D eigenvalue weighted by molar-refractivity contribution is -0.137. The van der Waals surface area contributed by atoms with E-state index in [-0.39, 0.29) is 12.0 Å². The second-order valence-electron chi connectivity index (χ2n) is 7.79. The van der Waals surface area contributed by atoms with Crippen molar-refractivity contribution in [1.82, 2.24) is 9.80 Å². The zero-order chi connectivity index (χ0) is 17.6. The lowest BCUT2D eigenvalue weighted by Gasteiger charge is -2.34. The van der Waals surface area contributed by atoms with Crippen LogP contribution in [0.1, 0.15) is 23.6 Å². The van der Waals surface area contributed by atoms with Crippen LogP contribution in [0.15, 0.2) is 12.1 Å². The van der Waals surface area contributed by atoms with E-state index >= 15 is 0 Å². The van der Waals surface area contributed by atoms with Crippen molar-refractivity contribution in [2.45, 2.75) is 39.3 Å². The monoisotopic (exact) mass is 344 g/mol. The van der Waals surface area contributed by atoms with Gasteiger partial charge < -0.3 is 14.4 Å². The molecule has 0 saturated carbocycles. The molecule has 0 aromatic heterocycles. The molecule has 3 aliphatic rings. The molecule has 25 heavy (non-hydrogen) atoms. The molecule has 0 N–H and O–H groups in total.